The highest BCUT2D eigenvalue weighted by atomic mass is 16.5. The summed E-state index contributed by atoms with van der Waals surface area (Å²) in [6, 6.07) is 12.3. The van der Waals surface area contributed by atoms with Gasteiger partial charge >= 0.3 is 0 Å². The van der Waals surface area contributed by atoms with Crippen LogP contribution in [0.2, 0.25) is 0 Å². The molecule has 0 saturated carbocycles. The highest BCUT2D eigenvalue weighted by Crippen LogP contribution is 2.35. The van der Waals surface area contributed by atoms with Crippen LogP contribution in [-0.4, -0.2) is 44.7 Å². The van der Waals surface area contributed by atoms with E-state index in [1.807, 2.05) is 19.9 Å². The van der Waals surface area contributed by atoms with Crippen molar-refractivity contribution in [3.63, 3.8) is 0 Å². The molecule has 0 aromatic heterocycles. The van der Waals surface area contributed by atoms with Crippen molar-refractivity contribution in [1.82, 2.24) is 5.32 Å². The molecule has 0 unspecified atom stereocenters. The first-order chi connectivity index (χ1) is 14.1. The fraction of sp³-hybridized carbons (Fsp3) is 0.364. The molecule has 1 heterocycles. The summed E-state index contributed by atoms with van der Waals surface area (Å²) in [4.78, 5) is 27.1. The van der Waals surface area contributed by atoms with Crippen molar-refractivity contribution in [3.05, 3.63) is 48.0 Å². The maximum atomic E-state index is 13.3. The predicted octanol–water partition coefficient (Wildman–Crippen LogP) is 3.03. The van der Waals surface area contributed by atoms with Crippen molar-refractivity contribution in [3.8, 4) is 17.2 Å². The highest BCUT2D eigenvalue weighted by Gasteiger charge is 2.34. The molecule has 0 saturated heterocycles. The third kappa shape index (κ3) is 4.45. The van der Waals surface area contributed by atoms with Crippen LogP contribution in [0.25, 0.3) is 0 Å². The molecule has 1 N–H and O–H groups in total. The summed E-state index contributed by atoms with van der Waals surface area (Å²) in [6.45, 7) is 5.05. The maximum Gasteiger partial charge on any atom is 0.262 e. The number of ether oxygens (including phenoxy) is 3. The smallest absolute Gasteiger partial charge is 0.262 e. The number of para-hydroxylation sites is 2. The lowest BCUT2D eigenvalue weighted by Crippen LogP contribution is -2.50. The molecule has 2 aromatic rings. The van der Waals surface area contributed by atoms with Gasteiger partial charge in [-0.2, -0.15) is 0 Å². The SMILES string of the molecule is CCCOc1ccc(C(=O)N2C[C@H](C(=O)NC)Oc3ccccc32)cc1OCC. The average molecular weight is 398 g/mol. The highest BCUT2D eigenvalue weighted by molar-refractivity contribution is 6.08. The summed E-state index contributed by atoms with van der Waals surface area (Å²) in [7, 11) is 1.54. The Hall–Kier alpha value is -3.22. The first-order valence-electron chi connectivity index (χ1n) is 9.77. The Morgan fingerprint density at radius 2 is 1.93 bits per heavy atom. The summed E-state index contributed by atoms with van der Waals surface area (Å²) in [5.41, 5.74) is 1.08. The molecule has 7 heteroatoms. The number of likely N-dealkylation sites (N-methyl/N-ethyl adjacent to an activating group) is 1. The number of rotatable bonds is 7. The molecule has 1 atom stereocenters. The van der Waals surface area contributed by atoms with E-state index in [0.717, 1.165) is 6.42 Å². The minimum Gasteiger partial charge on any atom is -0.490 e. The Kier molecular flexibility index (Phi) is 6.59. The number of carbonyl (C=O) groups excluding carboxylic acids is 2. The van der Waals surface area contributed by atoms with Gasteiger partial charge in [-0.25, -0.2) is 0 Å². The zero-order chi connectivity index (χ0) is 20.8. The molecule has 7 nitrogen and oxygen atoms in total. The van der Waals surface area contributed by atoms with Crippen LogP contribution in [0.3, 0.4) is 0 Å². The summed E-state index contributed by atoms with van der Waals surface area (Å²) in [5, 5.41) is 2.58. The number of carbonyl (C=O) groups is 2. The molecular formula is C22H26N2O5. The number of hydrogen-bond acceptors (Lipinski definition) is 5. The second-order valence-corrected chi connectivity index (χ2v) is 6.55. The molecule has 154 valence electrons. The van der Waals surface area contributed by atoms with E-state index in [4.69, 9.17) is 14.2 Å². The Balaban J connectivity index is 1.94. The number of hydrogen-bond donors (Lipinski definition) is 1. The van der Waals surface area contributed by atoms with Crippen molar-refractivity contribution >= 4 is 17.5 Å². The van der Waals surface area contributed by atoms with Crippen molar-refractivity contribution in [2.45, 2.75) is 26.4 Å². The van der Waals surface area contributed by atoms with E-state index in [0.29, 0.717) is 41.7 Å². The summed E-state index contributed by atoms with van der Waals surface area (Å²) < 4.78 is 17.2. The Bertz CT molecular complexity index is 883. The number of nitrogens with zero attached hydrogens (tertiary/aromatic N) is 1. The fourth-order valence-electron chi connectivity index (χ4n) is 3.12. The molecule has 0 fully saturated rings. The van der Waals surface area contributed by atoms with Gasteiger partial charge < -0.3 is 24.4 Å². The van der Waals surface area contributed by atoms with Crippen molar-refractivity contribution in [2.75, 3.05) is 31.7 Å². The maximum absolute atomic E-state index is 13.3. The minimum atomic E-state index is -0.780. The molecule has 0 spiro atoms. The van der Waals surface area contributed by atoms with Gasteiger partial charge in [0.1, 0.15) is 5.75 Å². The number of anilines is 1. The van der Waals surface area contributed by atoms with E-state index in [2.05, 4.69) is 5.32 Å². The minimum absolute atomic E-state index is 0.119. The largest absolute Gasteiger partial charge is 0.490 e. The van der Waals surface area contributed by atoms with E-state index in [1.54, 1.807) is 48.3 Å². The summed E-state index contributed by atoms with van der Waals surface area (Å²) in [5.74, 6) is 1.11. The topological polar surface area (TPSA) is 77.1 Å². The Labute approximate surface area is 170 Å². The van der Waals surface area contributed by atoms with E-state index in [1.165, 1.54) is 0 Å². The predicted molar refractivity (Wildman–Crippen MR) is 110 cm³/mol. The first kappa shape index (κ1) is 20.5. The standard InChI is InChI=1S/C22H26N2O5/c1-4-12-28-18-11-10-15(13-19(18)27-5-2)22(26)24-14-20(21(25)23-3)29-17-9-7-6-8-16(17)24/h6-11,13,20H,4-5,12,14H2,1-3H3,(H,23,25)/t20-/m1/s1. The van der Waals surface area contributed by atoms with Crippen LogP contribution in [0.1, 0.15) is 30.6 Å². The summed E-state index contributed by atoms with van der Waals surface area (Å²) in [6.07, 6.45) is 0.0925. The van der Waals surface area contributed by atoms with Crippen LogP contribution in [0.5, 0.6) is 17.2 Å². The van der Waals surface area contributed by atoms with Gasteiger partial charge in [0.25, 0.3) is 11.8 Å². The van der Waals surface area contributed by atoms with Gasteiger partial charge in [0.2, 0.25) is 0 Å². The molecule has 1 aliphatic heterocycles. The third-order valence-corrected chi connectivity index (χ3v) is 4.51. The van der Waals surface area contributed by atoms with Crippen molar-refractivity contribution in [2.24, 2.45) is 0 Å². The fourth-order valence-corrected chi connectivity index (χ4v) is 3.12. The lowest BCUT2D eigenvalue weighted by molar-refractivity contribution is -0.127. The van der Waals surface area contributed by atoms with E-state index in [-0.39, 0.29) is 18.4 Å². The van der Waals surface area contributed by atoms with Crippen molar-refractivity contribution in [1.29, 1.82) is 0 Å². The second kappa shape index (κ2) is 9.32. The van der Waals surface area contributed by atoms with Gasteiger partial charge in [0.15, 0.2) is 17.6 Å². The van der Waals surface area contributed by atoms with E-state index < -0.39 is 6.10 Å². The average Bonchev–Trinajstić information content (AvgIpc) is 2.76. The van der Waals surface area contributed by atoms with E-state index in [9.17, 15) is 9.59 Å². The lowest BCUT2D eigenvalue weighted by atomic mass is 10.1. The molecule has 0 bridgehead atoms. The van der Waals surface area contributed by atoms with Gasteiger partial charge in [-0.3, -0.25) is 9.59 Å². The van der Waals surface area contributed by atoms with Gasteiger partial charge in [-0.15, -0.1) is 0 Å². The first-order valence-corrected chi connectivity index (χ1v) is 9.77. The van der Waals surface area contributed by atoms with Crippen molar-refractivity contribution < 1.29 is 23.8 Å². The Morgan fingerprint density at radius 1 is 1.14 bits per heavy atom. The molecule has 29 heavy (non-hydrogen) atoms. The normalized spacial score (nSPS) is 15.1. The third-order valence-electron chi connectivity index (χ3n) is 4.51. The molecule has 1 aliphatic rings. The summed E-state index contributed by atoms with van der Waals surface area (Å²) >= 11 is 0. The zero-order valence-corrected chi connectivity index (χ0v) is 16.9. The molecule has 3 rings (SSSR count). The van der Waals surface area contributed by atoms with Crippen LogP contribution >= 0.6 is 0 Å². The monoisotopic (exact) mass is 398 g/mol. The van der Waals surface area contributed by atoms with Crippen LogP contribution in [0.4, 0.5) is 5.69 Å². The molecule has 0 radical (unpaired) electrons. The Morgan fingerprint density at radius 3 is 2.66 bits per heavy atom. The number of fused-ring (bicyclic) bond motifs is 1. The van der Waals surface area contributed by atoms with Gasteiger partial charge in [0, 0.05) is 12.6 Å². The van der Waals surface area contributed by atoms with Crippen LogP contribution in [0.15, 0.2) is 42.5 Å². The zero-order valence-electron chi connectivity index (χ0n) is 16.9. The van der Waals surface area contributed by atoms with Crippen LogP contribution in [0, 0.1) is 0 Å². The lowest BCUT2D eigenvalue weighted by Gasteiger charge is -2.34. The quantitative estimate of drug-likeness (QED) is 0.776. The number of amides is 2. The number of benzene rings is 2. The van der Waals surface area contributed by atoms with Crippen LogP contribution < -0.4 is 24.4 Å². The second-order valence-electron chi connectivity index (χ2n) is 6.55. The molecule has 2 amide bonds. The molecule has 0 aliphatic carbocycles. The molecule has 2 aromatic carbocycles. The van der Waals surface area contributed by atoms with E-state index >= 15 is 0 Å². The molecular weight excluding hydrogens is 372 g/mol. The van der Waals surface area contributed by atoms with Gasteiger partial charge in [-0.1, -0.05) is 19.1 Å². The van der Waals surface area contributed by atoms with Gasteiger partial charge in [0.05, 0.1) is 25.4 Å². The number of nitrogens with one attached hydrogen (secondary N) is 1. The van der Waals surface area contributed by atoms with Crippen LogP contribution in [-0.2, 0) is 4.79 Å². The van der Waals surface area contributed by atoms with Gasteiger partial charge in [-0.05, 0) is 43.7 Å².